The second-order valence-corrected chi connectivity index (χ2v) is 8.66. The first-order chi connectivity index (χ1) is 16.1. The van der Waals surface area contributed by atoms with Gasteiger partial charge in [-0.1, -0.05) is 29.5 Å². The van der Waals surface area contributed by atoms with Gasteiger partial charge < -0.3 is 14.6 Å². The summed E-state index contributed by atoms with van der Waals surface area (Å²) in [5, 5.41) is 11.7. The summed E-state index contributed by atoms with van der Waals surface area (Å²) in [4.78, 5) is 27.0. The molecule has 3 heterocycles. The summed E-state index contributed by atoms with van der Waals surface area (Å²) in [7, 11) is 0. The topological polar surface area (TPSA) is 93.3 Å². The van der Waals surface area contributed by atoms with Crippen molar-refractivity contribution >= 4 is 35.0 Å². The summed E-state index contributed by atoms with van der Waals surface area (Å²) in [6.45, 7) is 2.63. The van der Waals surface area contributed by atoms with Gasteiger partial charge in [0, 0.05) is 23.6 Å². The Hall–Kier alpha value is -3.85. The van der Waals surface area contributed by atoms with Crippen molar-refractivity contribution in [1.82, 2.24) is 14.8 Å². The van der Waals surface area contributed by atoms with Crippen LogP contribution in [0.5, 0.6) is 0 Å². The number of anilines is 2. The largest absolute Gasteiger partial charge is 0.472 e. The minimum Gasteiger partial charge on any atom is -0.472 e. The molecule has 4 aromatic rings. The summed E-state index contributed by atoms with van der Waals surface area (Å²) in [5.74, 6) is -0.0247. The fourth-order valence-corrected chi connectivity index (χ4v) is 4.49. The molecule has 0 saturated carbocycles. The zero-order chi connectivity index (χ0) is 22.8. The van der Waals surface area contributed by atoms with Crippen molar-refractivity contribution in [2.24, 2.45) is 0 Å². The Morgan fingerprint density at radius 3 is 2.79 bits per heavy atom. The normalized spacial score (nSPS) is 12.6. The first-order valence-electron chi connectivity index (χ1n) is 10.5. The number of hydrogen-bond acceptors (Lipinski definition) is 6. The predicted molar refractivity (Wildman–Crippen MR) is 126 cm³/mol. The number of carbonyl (C=O) groups is 2. The molecule has 2 aromatic heterocycles. The Bertz CT molecular complexity index is 1300. The third kappa shape index (κ3) is 4.40. The lowest BCUT2D eigenvalue weighted by Gasteiger charge is -2.16. The van der Waals surface area contributed by atoms with Gasteiger partial charge in [0.05, 0.1) is 17.6 Å². The van der Waals surface area contributed by atoms with E-state index in [4.69, 9.17) is 4.42 Å². The maximum atomic E-state index is 12.7. The minimum absolute atomic E-state index is 0.0895. The average Bonchev–Trinajstić information content (AvgIpc) is 3.58. The van der Waals surface area contributed by atoms with Crippen molar-refractivity contribution in [3.8, 4) is 5.69 Å². The molecule has 0 radical (unpaired) electrons. The Balaban J connectivity index is 1.22. The summed E-state index contributed by atoms with van der Waals surface area (Å²) >= 11 is 1.32. The Kier molecular flexibility index (Phi) is 5.70. The van der Waals surface area contributed by atoms with Crippen LogP contribution in [0, 0.1) is 6.92 Å². The highest BCUT2D eigenvalue weighted by Crippen LogP contribution is 2.32. The molecule has 166 valence electrons. The van der Waals surface area contributed by atoms with Crippen molar-refractivity contribution in [3.63, 3.8) is 0 Å². The Morgan fingerprint density at radius 2 is 2.00 bits per heavy atom. The fourth-order valence-electron chi connectivity index (χ4n) is 3.76. The highest BCUT2D eigenvalue weighted by molar-refractivity contribution is 7.99. The van der Waals surface area contributed by atoms with Crippen LogP contribution in [-0.2, 0) is 11.2 Å². The molecule has 0 aliphatic carbocycles. The van der Waals surface area contributed by atoms with E-state index in [9.17, 15) is 9.59 Å². The van der Waals surface area contributed by atoms with Crippen LogP contribution in [0.25, 0.3) is 5.69 Å². The lowest BCUT2D eigenvalue weighted by molar-refractivity contribution is -0.113. The molecule has 0 atom stereocenters. The highest BCUT2D eigenvalue weighted by Gasteiger charge is 2.26. The molecule has 1 N–H and O–H groups in total. The van der Waals surface area contributed by atoms with Crippen LogP contribution < -0.4 is 10.2 Å². The SMILES string of the molecule is Cc1ccc(-n2cnnc2SCC(=O)Nc2ccc3c(c2)CCN3C(=O)c2ccoc2)cc1. The number of aryl methyl sites for hydroxylation is 1. The number of nitrogens with one attached hydrogen (secondary N) is 1. The monoisotopic (exact) mass is 459 g/mol. The average molecular weight is 460 g/mol. The molecular formula is C24H21N5O3S. The molecule has 2 aromatic carbocycles. The van der Waals surface area contributed by atoms with Gasteiger partial charge >= 0.3 is 0 Å². The molecule has 0 unspecified atom stereocenters. The molecule has 0 fully saturated rings. The number of carbonyl (C=O) groups excluding carboxylic acids is 2. The number of rotatable bonds is 6. The smallest absolute Gasteiger partial charge is 0.261 e. The van der Waals surface area contributed by atoms with Gasteiger partial charge in [-0.3, -0.25) is 14.2 Å². The third-order valence-electron chi connectivity index (χ3n) is 5.43. The summed E-state index contributed by atoms with van der Waals surface area (Å²) in [5.41, 5.74) is 5.23. The number of furan rings is 1. The van der Waals surface area contributed by atoms with E-state index in [0.29, 0.717) is 23.0 Å². The van der Waals surface area contributed by atoms with Gasteiger partial charge in [-0.2, -0.15) is 0 Å². The van der Waals surface area contributed by atoms with E-state index in [0.717, 1.165) is 23.4 Å². The maximum Gasteiger partial charge on any atom is 0.261 e. The van der Waals surface area contributed by atoms with Crippen LogP contribution >= 0.6 is 11.8 Å². The Morgan fingerprint density at radius 1 is 1.15 bits per heavy atom. The molecule has 9 heteroatoms. The van der Waals surface area contributed by atoms with Gasteiger partial charge in [-0.15, -0.1) is 10.2 Å². The molecule has 1 aliphatic rings. The second-order valence-electron chi connectivity index (χ2n) is 7.72. The lowest BCUT2D eigenvalue weighted by Crippen LogP contribution is -2.28. The Labute approximate surface area is 194 Å². The molecule has 2 amide bonds. The highest BCUT2D eigenvalue weighted by atomic mass is 32.2. The number of nitrogens with zero attached hydrogens (tertiary/aromatic N) is 4. The van der Waals surface area contributed by atoms with Crippen molar-refractivity contribution in [2.45, 2.75) is 18.5 Å². The molecule has 1 aliphatic heterocycles. The van der Waals surface area contributed by atoms with Gasteiger partial charge in [0.15, 0.2) is 5.16 Å². The maximum absolute atomic E-state index is 12.7. The van der Waals surface area contributed by atoms with Crippen LogP contribution in [0.4, 0.5) is 11.4 Å². The van der Waals surface area contributed by atoms with E-state index in [1.54, 1.807) is 17.3 Å². The number of amides is 2. The molecular weight excluding hydrogens is 438 g/mol. The van der Waals surface area contributed by atoms with E-state index >= 15 is 0 Å². The first kappa shape index (κ1) is 21.0. The van der Waals surface area contributed by atoms with E-state index in [1.807, 2.05) is 54.0 Å². The number of fused-ring (bicyclic) bond motifs is 1. The van der Waals surface area contributed by atoms with Gasteiger partial charge in [0.25, 0.3) is 5.91 Å². The van der Waals surface area contributed by atoms with Crippen LogP contribution in [-0.4, -0.2) is 38.9 Å². The molecule has 33 heavy (non-hydrogen) atoms. The number of thioether (sulfide) groups is 1. The van der Waals surface area contributed by atoms with Crippen molar-refractivity contribution in [3.05, 3.63) is 84.1 Å². The quantitative estimate of drug-likeness (QED) is 0.436. The molecule has 0 spiro atoms. The molecule has 5 rings (SSSR count). The summed E-state index contributed by atoms with van der Waals surface area (Å²) < 4.78 is 6.89. The second kappa shape index (κ2) is 8.95. The zero-order valence-corrected chi connectivity index (χ0v) is 18.7. The van der Waals surface area contributed by atoms with Crippen molar-refractivity contribution < 1.29 is 14.0 Å². The number of hydrogen-bond donors (Lipinski definition) is 1. The molecule has 8 nitrogen and oxygen atoms in total. The van der Waals surface area contributed by atoms with Gasteiger partial charge in [-0.25, -0.2) is 0 Å². The zero-order valence-electron chi connectivity index (χ0n) is 17.9. The predicted octanol–water partition coefficient (Wildman–Crippen LogP) is 4.10. The van der Waals surface area contributed by atoms with Crippen LogP contribution in [0.2, 0.25) is 0 Å². The molecule has 0 saturated heterocycles. The number of benzene rings is 2. The van der Waals surface area contributed by atoms with Gasteiger partial charge in [0.1, 0.15) is 12.6 Å². The number of aromatic nitrogens is 3. The summed E-state index contributed by atoms with van der Waals surface area (Å²) in [6.07, 6.45) is 5.31. The van der Waals surface area contributed by atoms with Crippen LogP contribution in [0.15, 0.2) is 77.0 Å². The fraction of sp³-hybridized carbons (Fsp3) is 0.167. The first-order valence-corrected chi connectivity index (χ1v) is 11.4. The van der Waals surface area contributed by atoms with Gasteiger partial charge in [-0.05, 0) is 55.3 Å². The van der Waals surface area contributed by atoms with E-state index in [-0.39, 0.29) is 17.6 Å². The van der Waals surface area contributed by atoms with Gasteiger partial charge in [0.2, 0.25) is 5.91 Å². The van der Waals surface area contributed by atoms with Crippen LogP contribution in [0.1, 0.15) is 21.5 Å². The third-order valence-corrected chi connectivity index (χ3v) is 6.38. The van der Waals surface area contributed by atoms with Crippen molar-refractivity contribution in [1.29, 1.82) is 0 Å². The van der Waals surface area contributed by atoms with E-state index in [1.165, 1.54) is 29.9 Å². The van der Waals surface area contributed by atoms with E-state index in [2.05, 4.69) is 15.5 Å². The van der Waals surface area contributed by atoms with Crippen molar-refractivity contribution in [2.75, 3.05) is 22.5 Å². The molecule has 0 bridgehead atoms. The summed E-state index contributed by atoms with van der Waals surface area (Å²) in [6, 6.07) is 15.3. The van der Waals surface area contributed by atoms with Crippen LogP contribution in [0.3, 0.4) is 0 Å². The minimum atomic E-state index is -0.136. The lowest BCUT2D eigenvalue weighted by atomic mass is 10.1. The van der Waals surface area contributed by atoms with E-state index < -0.39 is 0 Å². The standard InChI is InChI=1S/C24H21N5O3S/c1-16-2-5-20(6-3-16)29-15-25-27-24(29)33-14-22(30)26-19-4-7-21-17(12-19)8-10-28(21)23(31)18-9-11-32-13-18/h2-7,9,11-13,15H,8,10,14H2,1H3,(H,26,30).